The molecule has 5 aromatic rings. The zero-order valence-electron chi connectivity index (χ0n) is 28.6. The normalized spacial score (nSPS) is 19.0. The van der Waals surface area contributed by atoms with E-state index < -0.39 is 0 Å². The molecular weight excluding hydrogens is 788 g/mol. The van der Waals surface area contributed by atoms with Crippen LogP contribution >= 0.6 is 0 Å². The summed E-state index contributed by atoms with van der Waals surface area (Å²) < 4.78 is 13.0. The number of pyridine rings is 2. The van der Waals surface area contributed by atoms with Crippen LogP contribution < -0.4 is 9.64 Å². The molecule has 49 heavy (non-hydrogen) atoms. The van der Waals surface area contributed by atoms with Gasteiger partial charge >= 0.3 is 21.1 Å². The van der Waals surface area contributed by atoms with Crippen molar-refractivity contribution in [2.45, 2.75) is 83.3 Å². The molecule has 1 saturated carbocycles. The molecule has 8 rings (SSSR count). The largest absolute Gasteiger partial charge is 2.00 e. The summed E-state index contributed by atoms with van der Waals surface area (Å²) in [6, 6.07) is 34.4. The molecule has 0 spiro atoms. The SMILES string of the molecule is CC(C)(C)c1ccnc(N2c3[c-]c(Oc4[c-]c(C5=N[C@@H]6CCCC[C@@H]6O5)cc(-c5ccccn5)c4)ccc3C(C)(C)c3ccccc32)c1.[Pt+2]. The van der Waals surface area contributed by atoms with Crippen LogP contribution in [0.25, 0.3) is 11.3 Å². The van der Waals surface area contributed by atoms with E-state index in [1.54, 1.807) is 6.20 Å². The van der Waals surface area contributed by atoms with Crippen molar-refractivity contribution in [2.75, 3.05) is 4.90 Å². The maximum atomic E-state index is 6.65. The maximum absolute atomic E-state index is 6.65. The molecule has 4 heterocycles. The first-order valence-electron chi connectivity index (χ1n) is 17.0. The molecule has 0 amide bonds. The Kier molecular flexibility index (Phi) is 8.73. The summed E-state index contributed by atoms with van der Waals surface area (Å²) in [6.07, 6.45) is 8.32. The fourth-order valence-electron chi connectivity index (χ4n) is 7.24. The number of rotatable bonds is 5. The fourth-order valence-corrected chi connectivity index (χ4v) is 7.24. The van der Waals surface area contributed by atoms with Crippen molar-refractivity contribution < 1.29 is 30.5 Å². The minimum absolute atomic E-state index is 0. The van der Waals surface area contributed by atoms with Gasteiger partial charge in [0, 0.05) is 29.6 Å². The van der Waals surface area contributed by atoms with E-state index >= 15 is 0 Å². The van der Waals surface area contributed by atoms with E-state index in [4.69, 9.17) is 19.5 Å². The molecule has 250 valence electrons. The molecule has 0 saturated heterocycles. The summed E-state index contributed by atoms with van der Waals surface area (Å²) in [7, 11) is 0. The van der Waals surface area contributed by atoms with E-state index in [1.165, 1.54) is 24.0 Å². The number of aromatic nitrogens is 2. The zero-order valence-corrected chi connectivity index (χ0v) is 30.8. The van der Waals surface area contributed by atoms with Gasteiger partial charge in [0.2, 0.25) is 0 Å². The third-order valence-corrected chi connectivity index (χ3v) is 9.92. The average Bonchev–Trinajstić information content (AvgIpc) is 3.53. The topological polar surface area (TPSA) is 59.8 Å². The van der Waals surface area contributed by atoms with Crippen molar-refractivity contribution >= 4 is 23.1 Å². The molecule has 0 bridgehead atoms. The van der Waals surface area contributed by atoms with Gasteiger partial charge in [-0.3, -0.25) is 9.98 Å². The second kappa shape index (κ2) is 12.9. The minimum atomic E-state index is -0.258. The van der Waals surface area contributed by atoms with E-state index in [-0.39, 0.29) is 44.0 Å². The smallest absolute Gasteiger partial charge is 0.515 e. The summed E-state index contributed by atoms with van der Waals surface area (Å²) in [5, 5.41) is 0. The number of aliphatic imine (C=N–C) groups is 1. The van der Waals surface area contributed by atoms with Gasteiger partial charge < -0.3 is 14.4 Å². The first-order chi connectivity index (χ1) is 23.1. The number of anilines is 3. The third kappa shape index (κ3) is 6.21. The Morgan fingerprint density at radius 3 is 2.45 bits per heavy atom. The maximum Gasteiger partial charge on any atom is 2.00 e. The third-order valence-electron chi connectivity index (χ3n) is 9.92. The molecule has 6 nitrogen and oxygen atoms in total. The molecule has 0 radical (unpaired) electrons. The van der Waals surface area contributed by atoms with Crippen molar-refractivity contribution in [1.82, 2.24) is 9.97 Å². The van der Waals surface area contributed by atoms with Gasteiger partial charge in [0.25, 0.3) is 0 Å². The molecule has 0 unspecified atom stereocenters. The Bertz CT molecular complexity index is 2030. The van der Waals surface area contributed by atoms with E-state index in [0.717, 1.165) is 52.4 Å². The van der Waals surface area contributed by atoms with Crippen LogP contribution in [0.15, 0.2) is 96.2 Å². The first-order valence-corrected chi connectivity index (χ1v) is 17.0. The zero-order chi connectivity index (χ0) is 33.0. The number of fused-ring (bicyclic) bond motifs is 3. The van der Waals surface area contributed by atoms with Crippen LogP contribution in [0.3, 0.4) is 0 Å². The predicted octanol–water partition coefficient (Wildman–Crippen LogP) is 10.0. The Labute approximate surface area is 303 Å². The van der Waals surface area contributed by atoms with Crippen LogP contribution in [0.2, 0.25) is 0 Å². The standard InChI is InChI=1S/C42H40N4O2.Pt/c1-41(2,3)29-19-21-44-39(25-29)46-36-15-8-6-12-32(36)42(4,5)33-18-17-30(26-37(33)46)47-31-23-27(34-13-10-11-20-43-34)22-28(24-31)40-45-35-14-7-9-16-38(35)48-40;/h6,8,10-13,15,17-23,25,35,38H,7,9,14,16H2,1-5H3;/q-2;+2/t35-,38+;/m1./s1. The van der Waals surface area contributed by atoms with Gasteiger partial charge in [-0.1, -0.05) is 94.3 Å². The quantitative estimate of drug-likeness (QED) is 0.165. The summed E-state index contributed by atoms with van der Waals surface area (Å²) in [6.45, 7) is 11.2. The molecule has 3 aromatic carbocycles. The van der Waals surface area contributed by atoms with Gasteiger partial charge in [-0.25, -0.2) is 4.98 Å². The first kappa shape index (κ1) is 33.2. The van der Waals surface area contributed by atoms with Crippen LogP contribution in [-0.2, 0) is 36.6 Å². The molecule has 1 aliphatic carbocycles. The van der Waals surface area contributed by atoms with E-state index in [9.17, 15) is 0 Å². The molecule has 1 fully saturated rings. The number of para-hydroxylation sites is 1. The monoisotopic (exact) mass is 827 g/mol. The molecule has 0 N–H and O–H groups in total. The fraction of sp³-hybridized carbons (Fsp3) is 0.310. The number of nitrogens with zero attached hydrogens (tertiary/aromatic N) is 4. The van der Waals surface area contributed by atoms with Crippen molar-refractivity contribution in [3.05, 3.63) is 126 Å². The molecular formula is C42H40N4O2Pt. The predicted molar refractivity (Wildman–Crippen MR) is 191 cm³/mol. The van der Waals surface area contributed by atoms with Gasteiger partial charge in [0.1, 0.15) is 17.8 Å². The van der Waals surface area contributed by atoms with Gasteiger partial charge in [0.15, 0.2) is 0 Å². The summed E-state index contributed by atoms with van der Waals surface area (Å²) >= 11 is 0. The second-order valence-electron chi connectivity index (χ2n) is 14.6. The molecule has 7 heteroatoms. The minimum Gasteiger partial charge on any atom is -0.515 e. The Hall–Kier alpha value is -4.28. The average molecular weight is 828 g/mol. The van der Waals surface area contributed by atoms with E-state index in [1.807, 2.05) is 36.5 Å². The molecule has 3 aliphatic rings. The number of benzene rings is 3. The van der Waals surface area contributed by atoms with Crippen LogP contribution in [0.4, 0.5) is 17.2 Å². The van der Waals surface area contributed by atoms with Gasteiger partial charge in [-0.15, -0.1) is 23.8 Å². The number of ether oxygens (including phenoxy) is 2. The van der Waals surface area contributed by atoms with E-state index in [0.29, 0.717) is 17.4 Å². The molecule has 2 atom stereocenters. The van der Waals surface area contributed by atoms with Crippen LogP contribution in [-0.4, -0.2) is 28.0 Å². The molecule has 2 aliphatic heterocycles. The number of hydrogen-bond donors (Lipinski definition) is 0. The Morgan fingerprint density at radius 2 is 1.65 bits per heavy atom. The summed E-state index contributed by atoms with van der Waals surface area (Å²) in [4.78, 5) is 16.7. The Balaban J connectivity index is 0.00000378. The van der Waals surface area contributed by atoms with E-state index in [2.05, 4.69) is 105 Å². The van der Waals surface area contributed by atoms with Crippen molar-refractivity contribution in [3.63, 3.8) is 0 Å². The van der Waals surface area contributed by atoms with Crippen LogP contribution in [0.5, 0.6) is 11.5 Å². The van der Waals surface area contributed by atoms with Crippen molar-refractivity contribution in [3.8, 4) is 22.8 Å². The summed E-state index contributed by atoms with van der Waals surface area (Å²) in [5.41, 5.74) is 7.87. The van der Waals surface area contributed by atoms with Crippen molar-refractivity contribution in [2.24, 2.45) is 4.99 Å². The van der Waals surface area contributed by atoms with Gasteiger partial charge in [0.05, 0.1) is 11.7 Å². The van der Waals surface area contributed by atoms with Crippen LogP contribution in [0.1, 0.15) is 82.6 Å². The Morgan fingerprint density at radius 1 is 0.837 bits per heavy atom. The van der Waals surface area contributed by atoms with Gasteiger partial charge in [-0.05, 0) is 71.6 Å². The van der Waals surface area contributed by atoms with Crippen LogP contribution in [0, 0.1) is 12.1 Å². The second-order valence-corrected chi connectivity index (χ2v) is 14.6. The van der Waals surface area contributed by atoms with Crippen molar-refractivity contribution in [1.29, 1.82) is 0 Å². The number of hydrogen-bond acceptors (Lipinski definition) is 6. The molecule has 2 aromatic heterocycles. The van der Waals surface area contributed by atoms with Gasteiger partial charge in [-0.2, -0.15) is 6.07 Å². The summed E-state index contributed by atoms with van der Waals surface area (Å²) in [5.74, 6) is 2.63.